The van der Waals surface area contributed by atoms with Crippen molar-refractivity contribution in [2.24, 2.45) is 5.92 Å². The van der Waals surface area contributed by atoms with E-state index in [-0.39, 0.29) is 12.7 Å². The van der Waals surface area contributed by atoms with Crippen LogP contribution < -0.4 is 4.74 Å². The van der Waals surface area contributed by atoms with E-state index in [4.69, 9.17) is 26.3 Å². The minimum atomic E-state index is -0.280. The monoisotopic (exact) mass is 405 g/mol. The summed E-state index contributed by atoms with van der Waals surface area (Å²) in [6, 6.07) is 7.14. The summed E-state index contributed by atoms with van der Waals surface area (Å²) in [5, 5.41) is 11.5. The third-order valence-corrected chi connectivity index (χ3v) is 5.42. The van der Waals surface area contributed by atoms with Gasteiger partial charge in [0, 0.05) is 23.5 Å². The first-order valence-electron chi connectivity index (χ1n) is 8.77. The van der Waals surface area contributed by atoms with Crippen molar-refractivity contribution in [1.82, 2.24) is 9.88 Å². The van der Waals surface area contributed by atoms with Crippen molar-refractivity contribution >= 4 is 29.0 Å². The summed E-state index contributed by atoms with van der Waals surface area (Å²) in [5.74, 6) is 1.05. The Hall–Kier alpha value is -2.30. The number of carbonyl (C=O) groups excluding carboxylic acids is 1. The molecule has 1 saturated heterocycles. The molecule has 1 aliphatic rings. The minimum absolute atomic E-state index is 0.221. The van der Waals surface area contributed by atoms with Gasteiger partial charge in [0.1, 0.15) is 18.4 Å². The normalized spacial score (nSPS) is 14.6. The molecule has 2 aromatic rings. The van der Waals surface area contributed by atoms with Gasteiger partial charge in [0.2, 0.25) is 0 Å². The van der Waals surface area contributed by atoms with E-state index < -0.39 is 0 Å². The van der Waals surface area contributed by atoms with E-state index in [2.05, 4.69) is 11.1 Å². The van der Waals surface area contributed by atoms with Crippen LogP contribution in [-0.2, 0) is 11.3 Å². The van der Waals surface area contributed by atoms with Gasteiger partial charge in [0.25, 0.3) is 0 Å². The van der Waals surface area contributed by atoms with Crippen molar-refractivity contribution < 1.29 is 14.3 Å². The Labute approximate surface area is 167 Å². The van der Waals surface area contributed by atoms with Crippen LogP contribution in [0.5, 0.6) is 5.75 Å². The first-order valence-corrected chi connectivity index (χ1v) is 10.1. The van der Waals surface area contributed by atoms with E-state index in [1.54, 1.807) is 28.6 Å². The second-order valence-electron chi connectivity index (χ2n) is 6.35. The molecule has 0 spiro atoms. The molecule has 0 aliphatic carbocycles. The number of carbonyl (C=O) groups is 1. The summed E-state index contributed by atoms with van der Waals surface area (Å²) in [4.78, 5) is 18.0. The predicted octanol–water partition coefficient (Wildman–Crippen LogP) is 4.49. The molecule has 0 saturated carbocycles. The van der Waals surface area contributed by atoms with E-state index in [0.717, 1.165) is 25.0 Å². The summed E-state index contributed by atoms with van der Waals surface area (Å²) in [5.41, 5.74) is 2.94. The van der Waals surface area contributed by atoms with E-state index in [1.165, 1.54) is 11.3 Å². The van der Waals surface area contributed by atoms with Crippen LogP contribution >= 0.6 is 22.9 Å². The molecular weight excluding hydrogens is 386 g/mol. The number of rotatable bonds is 6. The fourth-order valence-electron chi connectivity index (χ4n) is 2.99. The van der Waals surface area contributed by atoms with Crippen molar-refractivity contribution in [3.05, 3.63) is 45.4 Å². The van der Waals surface area contributed by atoms with Gasteiger partial charge in [-0.05, 0) is 43.4 Å². The standard InChI is InChI=1S/C19H20ClN3O3S/c20-16-1-2-18(15(9-16)10-21)25-8-5-14-3-6-23(7-4-14)19(24)26-11-17-12-27-13-22-17/h1-2,9,12-14H,3-8,11H2. The lowest BCUT2D eigenvalue weighted by Gasteiger charge is -2.31. The summed E-state index contributed by atoms with van der Waals surface area (Å²) >= 11 is 7.37. The number of aromatic nitrogens is 1. The van der Waals surface area contributed by atoms with Crippen molar-refractivity contribution in [1.29, 1.82) is 5.26 Å². The molecule has 0 atom stereocenters. The summed E-state index contributed by atoms with van der Waals surface area (Å²) in [7, 11) is 0. The van der Waals surface area contributed by atoms with Crippen LogP contribution in [0.2, 0.25) is 5.02 Å². The molecule has 1 fully saturated rings. The molecule has 3 rings (SSSR count). The van der Waals surface area contributed by atoms with Crippen LogP contribution in [0.25, 0.3) is 0 Å². The number of nitrogens with zero attached hydrogens (tertiary/aromatic N) is 3. The highest BCUT2D eigenvalue weighted by Gasteiger charge is 2.24. The first kappa shape index (κ1) is 19.5. The van der Waals surface area contributed by atoms with Crippen LogP contribution in [-0.4, -0.2) is 35.7 Å². The molecule has 1 aromatic heterocycles. The second kappa shape index (κ2) is 9.58. The number of benzene rings is 1. The molecule has 2 heterocycles. The number of likely N-dealkylation sites (tertiary alicyclic amines) is 1. The number of piperidine rings is 1. The number of amides is 1. The van der Waals surface area contributed by atoms with Crippen molar-refractivity contribution in [2.75, 3.05) is 19.7 Å². The number of ether oxygens (including phenoxy) is 2. The van der Waals surface area contributed by atoms with Crippen LogP contribution in [0, 0.1) is 17.2 Å². The van der Waals surface area contributed by atoms with Gasteiger partial charge in [0.15, 0.2) is 0 Å². The van der Waals surface area contributed by atoms with E-state index in [1.807, 2.05) is 5.38 Å². The summed E-state index contributed by atoms with van der Waals surface area (Å²) < 4.78 is 11.0. The van der Waals surface area contributed by atoms with Crippen molar-refractivity contribution in [3.8, 4) is 11.8 Å². The SMILES string of the molecule is N#Cc1cc(Cl)ccc1OCCC1CCN(C(=O)OCc2cscn2)CC1. The smallest absolute Gasteiger partial charge is 0.410 e. The lowest BCUT2D eigenvalue weighted by Crippen LogP contribution is -2.39. The summed E-state index contributed by atoms with van der Waals surface area (Å²) in [6.45, 7) is 2.13. The average Bonchev–Trinajstić information content (AvgIpc) is 3.21. The van der Waals surface area contributed by atoms with Crippen molar-refractivity contribution in [2.45, 2.75) is 25.9 Å². The van der Waals surface area contributed by atoms with Crippen LogP contribution in [0.4, 0.5) is 4.79 Å². The molecule has 1 aliphatic heterocycles. The molecule has 0 unspecified atom stereocenters. The molecule has 0 radical (unpaired) electrons. The molecule has 27 heavy (non-hydrogen) atoms. The first-order chi connectivity index (χ1) is 13.2. The molecule has 0 bridgehead atoms. The molecule has 6 nitrogen and oxygen atoms in total. The average molecular weight is 406 g/mol. The van der Waals surface area contributed by atoms with Gasteiger partial charge in [-0.3, -0.25) is 0 Å². The molecule has 1 amide bonds. The highest BCUT2D eigenvalue weighted by Crippen LogP contribution is 2.25. The second-order valence-corrected chi connectivity index (χ2v) is 7.51. The highest BCUT2D eigenvalue weighted by atomic mass is 35.5. The van der Waals surface area contributed by atoms with Crippen LogP contribution in [0.15, 0.2) is 29.1 Å². The Morgan fingerprint density at radius 2 is 2.22 bits per heavy atom. The zero-order valence-electron chi connectivity index (χ0n) is 14.8. The topological polar surface area (TPSA) is 75.5 Å². The lowest BCUT2D eigenvalue weighted by atomic mass is 9.94. The van der Waals surface area contributed by atoms with Crippen molar-refractivity contribution in [3.63, 3.8) is 0 Å². The highest BCUT2D eigenvalue weighted by molar-refractivity contribution is 7.07. The van der Waals surface area contributed by atoms with Gasteiger partial charge in [-0.15, -0.1) is 11.3 Å². The molecular formula is C19H20ClN3O3S. The zero-order chi connectivity index (χ0) is 19.1. The van der Waals surface area contributed by atoms with Gasteiger partial charge in [-0.2, -0.15) is 5.26 Å². The van der Waals surface area contributed by atoms with Gasteiger partial charge >= 0.3 is 6.09 Å². The van der Waals surface area contributed by atoms with E-state index >= 15 is 0 Å². The van der Waals surface area contributed by atoms with E-state index in [0.29, 0.717) is 41.9 Å². The maximum Gasteiger partial charge on any atom is 0.410 e. The Bertz CT molecular complexity index is 799. The molecule has 8 heteroatoms. The maximum absolute atomic E-state index is 12.1. The predicted molar refractivity (Wildman–Crippen MR) is 103 cm³/mol. The molecule has 0 N–H and O–H groups in total. The number of hydrogen-bond acceptors (Lipinski definition) is 6. The maximum atomic E-state index is 12.1. The summed E-state index contributed by atoms with van der Waals surface area (Å²) in [6.07, 6.45) is 2.44. The third-order valence-electron chi connectivity index (χ3n) is 4.55. The van der Waals surface area contributed by atoms with Crippen LogP contribution in [0.1, 0.15) is 30.5 Å². The Balaban J connectivity index is 1.37. The van der Waals surface area contributed by atoms with E-state index in [9.17, 15) is 4.79 Å². The quantitative estimate of drug-likeness (QED) is 0.707. The Morgan fingerprint density at radius 3 is 2.93 bits per heavy atom. The Kier molecular flexibility index (Phi) is 6.91. The van der Waals surface area contributed by atoms with Crippen LogP contribution in [0.3, 0.4) is 0 Å². The largest absolute Gasteiger partial charge is 0.492 e. The fraction of sp³-hybridized carbons (Fsp3) is 0.421. The minimum Gasteiger partial charge on any atom is -0.492 e. The Morgan fingerprint density at radius 1 is 1.41 bits per heavy atom. The van der Waals surface area contributed by atoms with Gasteiger partial charge in [-0.1, -0.05) is 11.6 Å². The lowest BCUT2D eigenvalue weighted by molar-refractivity contribution is 0.0792. The fourth-order valence-corrected chi connectivity index (χ4v) is 3.71. The third kappa shape index (κ3) is 5.59. The zero-order valence-corrected chi connectivity index (χ0v) is 16.3. The number of hydrogen-bond donors (Lipinski definition) is 0. The number of nitriles is 1. The van der Waals surface area contributed by atoms with Gasteiger partial charge in [0.05, 0.1) is 23.4 Å². The molecule has 1 aromatic carbocycles. The number of halogens is 1. The van der Waals surface area contributed by atoms with Gasteiger partial charge < -0.3 is 14.4 Å². The van der Waals surface area contributed by atoms with Gasteiger partial charge in [-0.25, -0.2) is 9.78 Å². The number of thiazole rings is 1. The molecule has 142 valence electrons.